The average molecular weight is 361 g/mol. The largest absolute Gasteiger partial charge is 0.482 e. The fourth-order valence-electron chi connectivity index (χ4n) is 3.49. The van der Waals surface area contributed by atoms with Crippen LogP contribution in [-0.4, -0.2) is 35.9 Å². The van der Waals surface area contributed by atoms with Crippen LogP contribution in [0.15, 0.2) is 18.2 Å². The molecule has 1 fully saturated rings. The molecule has 0 bridgehead atoms. The van der Waals surface area contributed by atoms with Crippen LogP contribution in [0.3, 0.4) is 0 Å². The van der Waals surface area contributed by atoms with Crippen LogP contribution in [0.25, 0.3) is 0 Å². The summed E-state index contributed by atoms with van der Waals surface area (Å²) in [5, 5.41) is 14.0. The lowest BCUT2D eigenvalue weighted by Gasteiger charge is -2.29. The summed E-state index contributed by atoms with van der Waals surface area (Å²) in [4.78, 5) is 36.4. The topological polar surface area (TPSA) is 102 Å². The van der Waals surface area contributed by atoms with Crippen LogP contribution in [0.5, 0.6) is 5.75 Å². The number of anilines is 1. The van der Waals surface area contributed by atoms with Gasteiger partial charge in [-0.1, -0.05) is 32.1 Å². The number of carbonyl (C=O) groups is 2. The molecule has 8 heteroatoms. The minimum absolute atomic E-state index is 0.128. The smallest absolute Gasteiger partial charge is 0.271 e. The Kier molecular flexibility index (Phi) is 5.70. The molecule has 140 valence electrons. The van der Waals surface area contributed by atoms with Crippen molar-refractivity contribution in [2.45, 2.75) is 51.0 Å². The molecule has 3 rings (SSSR count). The molecule has 1 saturated carbocycles. The van der Waals surface area contributed by atoms with Crippen molar-refractivity contribution < 1.29 is 19.2 Å². The van der Waals surface area contributed by atoms with Gasteiger partial charge >= 0.3 is 0 Å². The molecule has 2 aliphatic rings. The number of hydrogen-bond donors (Lipinski definition) is 1. The number of amides is 2. The van der Waals surface area contributed by atoms with Crippen LogP contribution in [0.1, 0.15) is 44.9 Å². The van der Waals surface area contributed by atoms with Crippen molar-refractivity contribution in [2.24, 2.45) is 0 Å². The van der Waals surface area contributed by atoms with E-state index in [-0.39, 0.29) is 42.4 Å². The van der Waals surface area contributed by atoms with E-state index in [2.05, 4.69) is 5.32 Å². The fourth-order valence-corrected chi connectivity index (χ4v) is 3.49. The molecule has 0 spiro atoms. The summed E-state index contributed by atoms with van der Waals surface area (Å²) in [7, 11) is 0. The predicted molar refractivity (Wildman–Crippen MR) is 95.2 cm³/mol. The number of non-ortho nitro benzene ring substituents is 1. The summed E-state index contributed by atoms with van der Waals surface area (Å²) in [6.45, 7) is -0.339. The van der Waals surface area contributed by atoms with Gasteiger partial charge in [-0.25, -0.2) is 0 Å². The Balaban J connectivity index is 1.70. The first-order valence-corrected chi connectivity index (χ1v) is 9.05. The Morgan fingerprint density at radius 3 is 2.62 bits per heavy atom. The minimum atomic E-state index is -0.536. The van der Waals surface area contributed by atoms with Crippen molar-refractivity contribution in [2.75, 3.05) is 18.1 Å². The molecule has 1 aromatic rings. The maximum absolute atomic E-state index is 12.5. The first-order valence-electron chi connectivity index (χ1n) is 9.05. The normalized spacial score (nSPS) is 18.3. The third-order valence-electron chi connectivity index (χ3n) is 4.87. The minimum Gasteiger partial charge on any atom is -0.482 e. The molecule has 0 atom stereocenters. The van der Waals surface area contributed by atoms with E-state index < -0.39 is 4.92 Å². The number of rotatable bonds is 4. The number of nitro benzene ring substituents is 1. The molecule has 1 aliphatic heterocycles. The van der Waals surface area contributed by atoms with E-state index in [0.29, 0.717) is 5.75 Å². The van der Waals surface area contributed by atoms with Crippen molar-refractivity contribution in [3.63, 3.8) is 0 Å². The quantitative estimate of drug-likeness (QED) is 0.656. The van der Waals surface area contributed by atoms with E-state index in [1.807, 2.05) is 0 Å². The number of fused-ring (bicyclic) bond motifs is 1. The highest BCUT2D eigenvalue weighted by Gasteiger charge is 2.29. The third kappa shape index (κ3) is 4.30. The van der Waals surface area contributed by atoms with Crippen LogP contribution in [0.2, 0.25) is 0 Å². The summed E-state index contributed by atoms with van der Waals surface area (Å²) >= 11 is 0. The zero-order valence-corrected chi connectivity index (χ0v) is 14.6. The summed E-state index contributed by atoms with van der Waals surface area (Å²) < 4.78 is 5.32. The van der Waals surface area contributed by atoms with Crippen molar-refractivity contribution in [1.82, 2.24) is 5.32 Å². The van der Waals surface area contributed by atoms with Crippen LogP contribution in [0.4, 0.5) is 11.4 Å². The molecule has 26 heavy (non-hydrogen) atoms. The number of nitrogens with one attached hydrogen (secondary N) is 1. The molecule has 0 aromatic heterocycles. The summed E-state index contributed by atoms with van der Waals surface area (Å²) in [5.41, 5.74) is 0.121. The van der Waals surface area contributed by atoms with Gasteiger partial charge in [0.05, 0.1) is 10.6 Å². The summed E-state index contributed by atoms with van der Waals surface area (Å²) in [6.07, 6.45) is 7.71. The Hall–Kier alpha value is -2.64. The Bertz CT molecular complexity index is 698. The molecule has 0 radical (unpaired) electrons. The number of nitro groups is 1. The molecule has 8 nitrogen and oxygen atoms in total. The van der Waals surface area contributed by atoms with Gasteiger partial charge in [-0.15, -0.1) is 0 Å². The van der Waals surface area contributed by atoms with Crippen molar-refractivity contribution in [1.29, 1.82) is 0 Å². The SMILES string of the molecule is O=C(CN1C(=O)COc2ccc([N+](=O)[O-])cc21)NC1CCCCCCC1. The lowest BCUT2D eigenvalue weighted by Crippen LogP contribution is -2.47. The highest BCUT2D eigenvalue weighted by molar-refractivity contribution is 6.02. The molecule has 1 N–H and O–H groups in total. The van der Waals surface area contributed by atoms with E-state index in [0.717, 1.165) is 25.7 Å². The summed E-state index contributed by atoms with van der Waals surface area (Å²) in [5.74, 6) is -0.261. The van der Waals surface area contributed by atoms with Gasteiger partial charge in [0.2, 0.25) is 5.91 Å². The monoisotopic (exact) mass is 361 g/mol. The standard InChI is InChI=1S/C18H23N3O5/c22-17(19-13-6-4-2-1-3-5-7-13)11-20-15-10-14(21(24)25)8-9-16(15)26-12-18(20)23/h8-10,13H,1-7,11-12H2,(H,19,22). The second-order valence-corrected chi connectivity index (χ2v) is 6.79. The Morgan fingerprint density at radius 2 is 1.92 bits per heavy atom. The van der Waals surface area contributed by atoms with Crippen molar-refractivity contribution in [3.8, 4) is 5.75 Å². The average Bonchev–Trinajstić information content (AvgIpc) is 2.59. The number of carbonyl (C=O) groups excluding carboxylic acids is 2. The van der Waals surface area contributed by atoms with E-state index in [1.165, 1.54) is 42.4 Å². The van der Waals surface area contributed by atoms with Crippen LogP contribution in [-0.2, 0) is 9.59 Å². The van der Waals surface area contributed by atoms with Crippen LogP contribution < -0.4 is 15.0 Å². The highest BCUT2D eigenvalue weighted by Crippen LogP contribution is 2.35. The van der Waals surface area contributed by atoms with E-state index in [1.54, 1.807) is 0 Å². The number of benzene rings is 1. The zero-order valence-electron chi connectivity index (χ0n) is 14.6. The molecule has 1 aromatic carbocycles. The predicted octanol–water partition coefficient (Wildman–Crippen LogP) is 2.55. The van der Waals surface area contributed by atoms with Gasteiger partial charge in [0.15, 0.2) is 6.61 Å². The summed E-state index contributed by atoms with van der Waals surface area (Å²) in [6, 6.07) is 4.18. The van der Waals surface area contributed by atoms with Crippen LogP contribution >= 0.6 is 0 Å². The van der Waals surface area contributed by atoms with E-state index in [9.17, 15) is 19.7 Å². The van der Waals surface area contributed by atoms with E-state index >= 15 is 0 Å². The number of nitrogens with zero attached hydrogens (tertiary/aromatic N) is 2. The van der Waals surface area contributed by atoms with Gasteiger partial charge < -0.3 is 10.1 Å². The molecular formula is C18H23N3O5. The van der Waals surface area contributed by atoms with Gasteiger partial charge in [0, 0.05) is 18.2 Å². The maximum atomic E-state index is 12.5. The van der Waals surface area contributed by atoms with Gasteiger partial charge in [-0.3, -0.25) is 24.6 Å². The highest BCUT2D eigenvalue weighted by atomic mass is 16.6. The van der Waals surface area contributed by atoms with Gasteiger partial charge in [-0.05, 0) is 18.9 Å². The molecule has 0 saturated heterocycles. The lowest BCUT2D eigenvalue weighted by molar-refractivity contribution is -0.384. The maximum Gasteiger partial charge on any atom is 0.271 e. The second kappa shape index (κ2) is 8.16. The second-order valence-electron chi connectivity index (χ2n) is 6.79. The van der Waals surface area contributed by atoms with Gasteiger partial charge in [-0.2, -0.15) is 0 Å². The van der Waals surface area contributed by atoms with Crippen LogP contribution in [0, 0.1) is 10.1 Å². The van der Waals surface area contributed by atoms with Gasteiger partial charge in [0.1, 0.15) is 12.3 Å². The first kappa shape index (κ1) is 18.2. The Morgan fingerprint density at radius 1 is 1.23 bits per heavy atom. The molecule has 0 unspecified atom stereocenters. The third-order valence-corrected chi connectivity index (χ3v) is 4.87. The Labute approximate surface area is 151 Å². The van der Waals surface area contributed by atoms with Gasteiger partial charge in [0.25, 0.3) is 11.6 Å². The van der Waals surface area contributed by atoms with Crippen molar-refractivity contribution in [3.05, 3.63) is 28.3 Å². The lowest BCUT2D eigenvalue weighted by atomic mass is 9.97. The number of ether oxygens (including phenoxy) is 1. The first-order chi connectivity index (χ1) is 12.5. The molecule has 2 amide bonds. The van der Waals surface area contributed by atoms with Crippen molar-refractivity contribution >= 4 is 23.2 Å². The molecule has 1 heterocycles. The van der Waals surface area contributed by atoms with E-state index in [4.69, 9.17) is 4.74 Å². The molecular weight excluding hydrogens is 338 g/mol. The fraction of sp³-hybridized carbons (Fsp3) is 0.556. The zero-order chi connectivity index (χ0) is 18.5. The number of hydrogen-bond acceptors (Lipinski definition) is 5. The molecule has 1 aliphatic carbocycles.